The fourth-order valence-corrected chi connectivity index (χ4v) is 3.23. The number of para-hydroxylation sites is 1. The van der Waals surface area contributed by atoms with E-state index in [4.69, 9.17) is 9.47 Å². The average molecular weight is 447 g/mol. The standard InChI is InChI=1S/C26H26N2O5/c1-32-23-15-9-8-14-21(23)17-27-24(29)18-33-25(30)16-22(19-10-4-2-5-11-19)28-26(31)20-12-6-3-7-13-20/h2-15,22H,16-18H2,1H3,(H,27,29)(H,28,31). The number of nitrogens with one attached hydrogen (secondary N) is 2. The van der Waals surface area contributed by atoms with Gasteiger partial charge in [0.15, 0.2) is 6.61 Å². The molecule has 0 aliphatic carbocycles. The van der Waals surface area contributed by atoms with Gasteiger partial charge in [-0.25, -0.2) is 0 Å². The van der Waals surface area contributed by atoms with Crippen molar-refractivity contribution in [3.63, 3.8) is 0 Å². The lowest BCUT2D eigenvalue weighted by molar-refractivity contribution is -0.149. The van der Waals surface area contributed by atoms with E-state index < -0.39 is 24.5 Å². The number of amides is 2. The molecule has 0 radical (unpaired) electrons. The molecule has 0 spiro atoms. The lowest BCUT2D eigenvalue weighted by Crippen LogP contribution is -2.32. The predicted molar refractivity (Wildman–Crippen MR) is 124 cm³/mol. The smallest absolute Gasteiger partial charge is 0.308 e. The average Bonchev–Trinajstić information content (AvgIpc) is 2.87. The Labute approximate surface area is 192 Å². The zero-order valence-corrected chi connectivity index (χ0v) is 18.3. The van der Waals surface area contributed by atoms with Crippen LogP contribution in [0.5, 0.6) is 5.75 Å². The van der Waals surface area contributed by atoms with Gasteiger partial charge in [0.2, 0.25) is 0 Å². The van der Waals surface area contributed by atoms with Gasteiger partial charge in [-0.15, -0.1) is 0 Å². The first-order valence-electron chi connectivity index (χ1n) is 10.5. The van der Waals surface area contributed by atoms with Crippen LogP contribution < -0.4 is 15.4 Å². The molecule has 0 aromatic heterocycles. The molecular weight excluding hydrogens is 420 g/mol. The van der Waals surface area contributed by atoms with E-state index in [9.17, 15) is 14.4 Å². The van der Waals surface area contributed by atoms with Gasteiger partial charge in [-0.1, -0.05) is 66.7 Å². The molecule has 3 aromatic rings. The molecule has 7 heteroatoms. The fourth-order valence-electron chi connectivity index (χ4n) is 3.23. The van der Waals surface area contributed by atoms with Gasteiger partial charge in [-0.2, -0.15) is 0 Å². The van der Waals surface area contributed by atoms with Gasteiger partial charge >= 0.3 is 5.97 Å². The molecule has 1 atom stereocenters. The molecule has 0 fully saturated rings. The Morgan fingerprint density at radius 2 is 1.48 bits per heavy atom. The largest absolute Gasteiger partial charge is 0.496 e. The molecule has 2 amide bonds. The van der Waals surface area contributed by atoms with E-state index in [1.54, 1.807) is 37.4 Å². The first kappa shape index (κ1) is 23.5. The van der Waals surface area contributed by atoms with E-state index in [-0.39, 0.29) is 18.9 Å². The van der Waals surface area contributed by atoms with Crippen molar-refractivity contribution in [2.24, 2.45) is 0 Å². The summed E-state index contributed by atoms with van der Waals surface area (Å²) in [5.41, 5.74) is 2.06. The number of esters is 1. The van der Waals surface area contributed by atoms with Crippen molar-refractivity contribution < 1.29 is 23.9 Å². The van der Waals surface area contributed by atoms with Gasteiger partial charge in [-0.05, 0) is 23.8 Å². The molecule has 7 nitrogen and oxygen atoms in total. The Morgan fingerprint density at radius 1 is 0.848 bits per heavy atom. The molecule has 0 aliphatic rings. The second kappa shape index (κ2) is 12.0. The summed E-state index contributed by atoms with van der Waals surface area (Å²) in [5, 5.41) is 5.58. The summed E-state index contributed by atoms with van der Waals surface area (Å²) in [7, 11) is 1.56. The van der Waals surface area contributed by atoms with Crippen LogP contribution in [0.2, 0.25) is 0 Å². The van der Waals surface area contributed by atoms with E-state index in [1.165, 1.54) is 0 Å². The maximum absolute atomic E-state index is 12.6. The summed E-state index contributed by atoms with van der Waals surface area (Å²) in [4.78, 5) is 37.2. The van der Waals surface area contributed by atoms with Gasteiger partial charge in [0.25, 0.3) is 11.8 Å². The number of hydrogen-bond acceptors (Lipinski definition) is 5. The minimum absolute atomic E-state index is 0.109. The van der Waals surface area contributed by atoms with Crippen molar-refractivity contribution in [1.82, 2.24) is 10.6 Å². The lowest BCUT2D eigenvalue weighted by Gasteiger charge is -2.19. The third-order valence-corrected chi connectivity index (χ3v) is 4.95. The van der Waals surface area contributed by atoms with Gasteiger partial charge in [0.05, 0.1) is 19.6 Å². The molecule has 3 aromatic carbocycles. The first-order valence-corrected chi connectivity index (χ1v) is 10.5. The molecule has 0 saturated heterocycles. The molecule has 0 heterocycles. The van der Waals surface area contributed by atoms with Crippen molar-refractivity contribution >= 4 is 17.8 Å². The Morgan fingerprint density at radius 3 is 2.18 bits per heavy atom. The SMILES string of the molecule is COc1ccccc1CNC(=O)COC(=O)CC(NC(=O)c1ccccc1)c1ccccc1. The molecule has 0 aliphatic heterocycles. The third kappa shape index (κ3) is 7.21. The Bertz CT molecular complexity index is 1070. The highest BCUT2D eigenvalue weighted by Crippen LogP contribution is 2.19. The van der Waals surface area contributed by atoms with E-state index in [0.29, 0.717) is 11.3 Å². The summed E-state index contributed by atoms with van der Waals surface area (Å²) in [6.45, 7) is -0.164. The normalized spacial score (nSPS) is 11.2. The van der Waals surface area contributed by atoms with Crippen molar-refractivity contribution in [2.75, 3.05) is 13.7 Å². The van der Waals surface area contributed by atoms with E-state index in [1.807, 2.05) is 54.6 Å². The number of ether oxygens (including phenoxy) is 2. The first-order chi connectivity index (χ1) is 16.1. The second-order valence-electron chi connectivity index (χ2n) is 7.26. The number of carbonyl (C=O) groups excluding carboxylic acids is 3. The zero-order chi connectivity index (χ0) is 23.5. The minimum atomic E-state index is -0.594. The van der Waals surface area contributed by atoms with Crippen molar-refractivity contribution in [3.05, 3.63) is 102 Å². The molecule has 2 N–H and O–H groups in total. The topological polar surface area (TPSA) is 93.7 Å². The highest BCUT2D eigenvalue weighted by Gasteiger charge is 2.20. The molecule has 1 unspecified atom stereocenters. The van der Waals surface area contributed by atoms with E-state index in [2.05, 4.69) is 10.6 Å². The van der Waals surface area contributed by atoms with Crippen LogP contribution >= 0.6 is 0 Å². The number of rotatable bonds is 10. The Hall–Kier alpha value is -4.13. The maximum Gasteiger partial charge on any atom is 0.308 e. The Balaban J connectivity index is 1.54. The zero-order valence-electron chi connectivity index (χ0n) is 18.3. The number of carbonyl (C=O) groups is 3. The van der Waals surface area contributed by atoms with Crippen LogP contribution in [0.15, 0.2) is 84.9 Å². The summed E-state index contributed by atoms with van der Waals surface area (Å²) in [5.74, 6) is -0.662. The fraction of sp³-hybridized carbons (Fsp3) is 0.192. The van der Waals surface area contributed by atoms with Crippen LogP contribution in [-0.2, 0) is 20.9 Å². The molecule has 3 rings (SSSR count). The number of benzene rings is 3. The van der Waals surface area contributed by atoms with Crippen LogP contribution in [0, 0.1) is 0 Å². The molecular formula is C26H26N2O5. The molecule has 170 valence electrons. The summed E-state index contributed by atoms with van der Waals surface area (Å²) < 4.78 is 10.4. The predicted octanol–water partition coefficient (Wildman–Crippen LogP) is 3.42. The van der Waals surface area contributed by atoms with Crippen LogP contribution in [0.25, 0.3) is 0 Å². The van der Waals surface area contributed by atoms with Crippen LogP contribution in [0.1, 0.15) is 33.9 Å². The molecule has 33 heavy (non-hydrogen) atoms. The van der Waals surface area contributed by atoms with Gasteiger partial charge in [-0.3, -0.25) is 14.4 Å². The summed E-state index contributed by atoms with van der Waals surface area (Å²) in [6, 6.07) is 24.6. The van der Waals surface area contributed by atoms with Gasteiger partial charge in [0, 0.05) is 17.7 Å². The third-order valence-electron chi connectivity index (χ3n) is 4.95. The van der Waals surface area contributed by atoms with Crippen LogP contribution in [-0.4, -0.2) is 31.5 Å². The Kier molecular flexibility index (Phi) is 8.59. The highest BCUT2D eigenvalue weighted by atomic mass is 16.5. The minimum Gasteiger partial charge on any atom is -0.496 e. The van der Waals surface area contributed by atoms with E-state index in [0.717, 1.165) is 11.1 Å². The molecule has 0 bridgehead atoms. The summed E-state index contributed by atoms with van der Waals surface area (Å²) >= 11 is 0. The van der Waals surface area contributed by atoms with E-state index >= 15 is 0 Å². The lowest BCUT2D eigenvalue weighted by atomic mass is 10.0. The van der Waals surface area contributed by atoms with Crippen molar-refractivity contribution in [3.8, 4) is 5.75 Å². The second-order valence-corrected chi connectivity index (χ2v) is 7.26. The number of hydrogen-bond donors (Lipinski definition) is 2. The van der Waals surface area contributed by atoms with Crippen LogP contribution in [0.3, 0.4) is 0 Å². The monoisotopic (exact) mass is 446 g/mol. The molecule has 0 saturated carbocycles. The van der Waals surface area contributed by atoms with Gasteiger partial charge in [0.1, 0.15) is 5.75 Å². The van der Waals surface area contributed by atoms with Crippen molar-refractivity contribution in [2.45, 2.75) is 19.0 Å². The maximum atomic E-state index is 12.6. The quantitative estimate of drug-likeness (QED) is 0.466. The number of methoxy groups -OCH3 is 1. The van der Waals surface area contributed by atoms with Gasteiger partial charge < -0.3 is 20.1 Å². The van der Waals surface area contributed by atoms with Crippen LogP contribution in [0.4, 0.5) is 0 Å². The highest BCUT2D eigenvalue weighted by molar-refractivity contribution is 5.94. The van der Waals surface area contributed by atoms with Crippen molar-refractivity contribution in [1.29, 1.82) is 0 Å². The summed E-state index contributed by atoms with van der Waals surface area (Å²) in [6.07, 6.45) is -0.109.